The Bertz CT molecular complexity index is 5130. The number of aliphatic hydroxyl groups is 2. The van der Waals surface area contributed by atoms with Crippen molar-refractivity contribution in [1.29, 1.82) is 0 Å². The van der Waals surface area contributed by atoms with Crippen LogP contribution >= 0.6 is 11.8 Å². The Hall–Kier alpha value is -13.0. The van der Waals surface area contributed by atoms with Crippen molar-refractivity contribution in [3.05, 3.63) is 120 Å². The van der Waals surface area contributed by atoms with Crippen LogP contribution in [0.5, 0.6) is 5.75 Å². The number of hydrogen-bond acceptors (Lipinski definition) is 23. The predicted octanol–water partition coefficient (Wildman–Crippen LogP) is -2.06. The highest BCUT2D eigenvalue weighted by molar-refractivity contribution is 8.00. The number of nitrogens with one attached hydrogen (secondary N) is 13. The van der Waals surface area contributed by atoms with Crippen LogP contribution in [-0.4, -0.2) is 316 Å². The number of unbranched alkanes of at least 4 members (excludes halogenated alkanes) is 3. The monoisotopic (exact) mass is 1880 g/mol. The molecule has 0 radical (unpaired) electrons. The number of H-pyrrole nitrogens is 3. The van der Waals surface area contributed by atoms with Crippen LogP contribution in [0.2, 0.25) is 0 Å². The first-order chi connectivity index (χ1) is 63.9. The zero-order chi connectivity index (χ0) is 97.7. The number of phenolic OH excluding ortho intramolecular Hbond substituents is 1. The van der Waals surface area contributed by atoms with Crippen LogP contribution in [0.3, 0.4) is 0 Å². The number of imidazole rings is 1. The topological polar surface area (TPSA) is 626 Å². The van der Waals surface area contributed by atoms with Crippen LogP contribution in [-0.2, 0) is 107 Å². The second kappa shape index (κ2) is 50.2. The number of aliphatic hydroxyl groups excluding tert-OH is 2. The van der Waals surface area contributed by atoms with E-state index in [9.17, 15) is 58.5 Å². The molecule has 134 heavy (non-hydrogen) atoms. The summed E-state index contributed by atoms with van der Waals surface area (Å²) >= 11 is 0.782. The zero-order valence-corrected chi connectivity index (χ0v) is 77.6. The summed E-state index contributed by atoms with van der Waals surface area (Å²) < 4.78 is 0. The number of nitrogens with two attached hydrogens (primary N) is 3. The van der Waals surface area contributed by atoms with E-state index < -0.39 is 229 Å². The number of benzene rings is 3. The van der Waals surface area contributed by atoms with E-state index >= 15 is 38.4 Å². The Labute approximate surface area is 779 Å². The van der Waals surface area contributed by atoms with Crippen LogP contribution in [0.1, 0.15) is 147 Å². The number of thioether (sulfide) groups is 1. The lowest BCUT2D eigenvalue weighted by Crippen LogP contribution is -2.62. The van der Waals surface area contributed by atoms with Crippen LogP contribution in [0, 0.1) is 5.92 Å². The number of likely N-dealkylation sites (N-methyl/N-ethyl adjacent to an activating group) is 3. The molecule has 0 spiro atoms. The molecule has 22 N–H and O–H groups in total. The number of primary amides is 2. The lowest BCUT2D eigenvalue weighted by molar-refractivity contribution is -0.149. The smallest absolute Gasteiger partial charge is 0.246 e. The molecule has 17 amide bonds. The fourth-order valence-corrected chi connectivity index (χ4v) is 17.6. The molecule has 0 aliphatic carbocycles. The normalized spacial score (nSPS) is 24.9. The van der Waals surface area contributed by atoms with Crippen molar-refractivity contribution in [3.8, 4) is 5.75 Å². The number of amides is 17. The predicted molar refractivity (Wildman–Crippen MR) is 494 cm³/mol. The molecule has 0 bridgehead atoms. The van der Waals surface area contributed by atoms with Gasteiger partial charge < -0.3 is 125 Å². The number of para-hydroxylation sites is 2. The molecule has 3 fully saturated rings. The fraction of sp³-hybridized carbons (Fsp3) is 0.538. The van der Waals surface area contributed by atoms with E-state index in [-0.39, 0.29) is 102 Å². The summed E-state index contributed by atoms with van der Waals surface area (Å²) in [7, 11) is 3.96. The van der Waals surface area contributed by atoms with E-state index in [1.54, 1.807) is 74.8 Å². The summed E-state index contributed by atoms with van der Waals surface area (Å²) in [6, 6.07) is -1.89. The largest absolute Gasteiger partial charge is 0.508 e. The third-order valence-electron chi connectivity index (χ3n) is 24.3. The van der Waals surface area contributed by atoms with E-state index in [0.717, 1.165) is 31.4 Å². The molecule has 3 aliphatic heterocycles. The van der Waals surface area contributed by atoms with Gasteiger partial charge in [0.1, 0.15) is 90.3 Å². The summed E-state index contributed by atoms with van der Waals surface area (Å²) in [5.41, 5.74) is 20.2. The number of nitrogens with zero attached hydrogens (tertiary/aromatic N) is 6. The van der Waals surface area contributed by atoms with Gasteiger partial charge in [0.05, 0.1) is 37.8 Å². The maximum atomic E-state index is 15.8. The maximum absolute atomic E-state index is 15.8. The van der Waals surface area contributed by atoms with Crippen molar-refractivity contribution >= 4 is 134 Å². The van der Waals surface area contributed by atoms with Crippen molar-refractivity contribution in [2.45, 2.75) is 241 Å². The van der Waals surface area contributed by atoms with Crippen LogP contribution in [0.4, 0.5) is 0 Å². The van der Waals surface area contributed by atoms with Crippen LogP contribution in [0.15, 0.2) is 97.7 Å². The number of aromatic hydroxyl groups is 1. The molecule has 3 aliphatic rings. The lowest BCUT2D eigenvalue weighted by Gasteiger charge is -2.36. The SMILES string of the molecule is CCCCC[C@H]1C(=O)N(C)[C@@H](CCCC)C(=O)N[C@@H](CCCN)C(=O)N[C@H](C(=O)NCC(N)=O)CSCC(=O)N[C@@H](Cc2ccc(O)cc2)C(=O)N(C)[C@@H](C)C(=O)N[C@@H](CC(N)=O)C(=O)N2CCC[C@H]2C(=O)N[C@@H](Cc2cnc[nH]2)C(=O)N[C@@H](CC(C)C)C(=O)N2C[C@H](O)C[C@H]2C(=O)N[C@@H](Cc2c[nH]c3ccccc23)C(=O)N[C@@H](CO)C(=O)N[C@@H](Cc2c[nH]c3ccccc23)C(=O)N1C. The molecule has 3 aromatic carbocycles. The van der Waals surface area contributed by atoms with E-state index in [0.29, 0.717) is 76.3 Å². The average Bonchev–Trinajstić information content (AvgIpc) is 1.67. The highest BCUT2D eigenvalue weighted by Gasteiger charge is 2.47. The van der Waals surface area contributed by atoms with Crippen molar-refractivity contribution in [3.63, 3.8) is 0 Å². The fourth-order valence-electron chi connectivity index (χ4n) is 16.8. The molecule has 3 saturated heterocycles. The zero-order valence-electron chi connectivity index (χ0n) is 76.8. The summed E-state index contributed by atoms with van der Waals surface area (Å²) in [6.07, 6.45) is 4.82. The van der Waals surface area contributed by atoms with Gasteiger partial charge >= 0.3 is 0 Å². The van der Waals surface area contributed by atoms with E-state index in [1.807, 2.05) is 13.8 Å². The number of phenols is 1. The van der Waals surface area contributed by atoms with E-state index in [2.05, 4.69) is 73.1 Å². The number of fused-ring (bicyclic) bond motifs is 4. The number of rotatable bonds is 26. The number of carbonyl (C=O) groups excluding carboxylic acids is 17. The minimum Gasteiger partial charge on any atom is -0.508 e. The lowest BCUT2D eigenvalue weighted by atomic mass is 9.99. The Morgan fingerprint density at radius 2 is 1.09 bits per heavy atom. The Morgan fingerprint density at radius 3 is 1.69 bits per heavy atom. The van der Waals surface area contributed by atoms with E-state index in [4.69, 9.17) is 17.2 Å². The Kier molecular flexibility index (Phi) is 39.2. The van der Waals surface area contributed by atoms with Gasteiger partial charge in [-0.25, -0.2) is 4.98 Å². The van der Waals surface area contributed by atoms with Crippen LogP contribution < -0.4 is 70.4 Å². The number of hydrogen-bond donors (Lipinski definition) is 19. The van der Waals surface area contributed by atoms with Gasteiger partial charge in [-0.05, 0) is 105 Å². The summed E-state index contributed by atoms with van der Waals surface area (Å²) in [4.78, 5) is 269. The molecule has 0 unspecified atom stereocenters. The quantitative estimate of drug-likeness (QED) is 0.0260. The van der Waals surface area contributed by atoms with Gasteiger partial charge in [0, 0.05) is 118 Å². The Balaban J connectivity index is 1.10. The highest BCUT2D eigenvalue weighted by Crippen LogP contribution is 2.28. The molecule has 0 saturated carbocycles. The third kappa shape index (κ3) is 28.8. The van der Waals surface area contributed by atoms with E-state index in [1.165, 1.54) is 69.8 Å². The summed E-state index contributed by atoms with van der Waals surface area (Å²) in [5, 5.41) is 60.8. The second-order valence-corrected chi connectivity index (χ2v) is 35.8. The van der Waals surface area contributed by atoms with Crippen LogP contribution in [0.25, 0.3) is 21.8 Å². The molecule has 6 heterocycles. The number of carbonyl (C=O) groups is 17. The molecule has 728 valence electrons. The highest BCUT2D eigenvalue weighted by atomic mass is 32.2. The first-order valence-electron chi connectivity index (χ1n) is 45.3. The maximum Gasteiger partial charge on any atom is 0.246 e. The minimum atomic E-state index is -1.88. The molecule has 42 nitrogen and oxygen atoms in total. The molecular formula is C91H128N22O20S. The van der Waals surface area contributed by atoms with Gasteiger partial charge in [-0.2, -0.15) is 0 Å². The first-order valence-corrected chi connectivity index (χ1v) is 46.5. The van der Waals surface area contributed by atoms with Gasteiger partial charge in [0.2, 0.25) is 100 Å². The third-order valence-corrected chi connectivity index (χ3v) is 25.3. The van der Waals surface area contributed by atoms with Crippen molar-refractivity contribution in [2.24, 2.45) is 23.1 Å². The van der Waals surface area contributed by atoms with Crippen molar-refractivity contribution < 1.29 is 96.8 Å². The van der Waals surface area contributed by atoms with Crippen molar-refractivity contribution in [1.82, 2.24) is 97.6 Å². The van der Waals surface area contributed by atoms with Gasteiger partial charge in [-0.15, -0.1) is 11.8 Å². The number of aromatic nitrogens is 4. The number of aromatic amines is 3. The molecular weight excluding hydrogens is 1750 g/mol. The molecule has 6 aromatic rings. The standard InChI is InChI=1S/C91H128N22O20S/c1-9-11-13-26-73-91(133)110(7)71(25-12-10-2)84(126)101-62(24-18-32-92)80(122)108-70(79(121)98-44-76(94)118)47-134-48-77(119)100-66(35-52-28-30-56(115)31-29-52)87(129)109(6)51(5)78(120)104-68(40-75(93)117)89(131)112-33-19-27-72(112)85(127)103-64(38-55-43-95-49-99-55)82(124)105-65(34-50(3)4)90(132)113-45-57(116)39-74(113)86(128)102-63(36-53-41-96-60-22-16-14-20-58(53)60)81(123)107-69(46-114)83(125)106-67(88(130)111(73)8)37-54-42-97-61-23-17-15-21-59(54)61/h14-17,20-23,28-31,41-43,49-51,57,62-74,96-97,114-116H,9-13,18-19,24-27,32-40,44-48,92H2,1-8H3,(H2,93,117)(H2,94,118)(H,95,99)(H,98,121)(H,100,119)(H,101,126)(H,102,128)(H,103,127)(H,104,120)(H,105,124)(H,106,125)(H,107,123)(H,108,122)/t51-,57+,62-,63-,64-,65-,66-,67-,68-,69-,70-,71-,72-,73-,74-/m0/s1. The molecule has 15 atom stereocenters. The summed E-state index contributed by atoms with van der Waals surface area (Å²) in [5.74, 6) is -17.3. The Morgan fingerprint density at radius 1 is 0.545 bits per heavy atom. The second-order valence-electron chi connectivity index (χ2n) is 34.8. The molecule has 3 aromatic heterocycles. The molecule has 43 heteroatoms. The van der Waals surface area contributed by atoms with Gasteiger partial charge in [-0.3, -0.25) is 81.5 Å². The summed E-state index contributed by atoms with van der Waals surface area (Å²) in [6.45, 7) is 6.18. The van der Waals surface area contributed by atoms with Gasteiger partial charge in [0.25, 0.3) is 0 Å². The van der Waals surface area contributed by atoms with Crippen molar-refractivity contribution in [2.75, 3.05) is 65.4 Å². The van der Waals surface area contributed by atoms with Gasteiger partial charge in [0.15, 0.2) is 0 Å². The molecule has 9 rings (SSSR count). The first kappa shape index (κ1) is 105. The average molecular weight is 1880 g/mol. The minimum absolute atomic E-state index is 0.00316. The van der Waals surface area contributed by atoms with Gasteiger partial charge in [-0.1, -0.05) is 108 Å².